The van der Waals surface area contributed by atoms with Gasteiger partial charge in [-0.15, -0.1) is 0 Å². The van der Waals surface area contributed by atoms with Crippen LogP contribution in [0.4, 0.5) is 0 Å². The number of amides is 1. The molecule has 0 bridgehead atoms. The summed E-state index contributed by atoms with van der Waals surface area (Å²) in [5.74, 6) is -0.253. The van der Waals surface area contributed by atoms with Gasteiger partial charge in [0.15, 0.2) is 10.3 Å². The molecule has 1 fully saturated rings. The Morgan fingerprint density at radius 1 is 1.56 bits per heavy atom. The van der Waals surface area contributed by atoms with Gasteiger partial charge in [-0.05, 0) is 21.6 Å². The van der Waals surface area contributed by atoms with Crippen LogP contribution in [0.2, 0.25) is 0 Å². The predicted molar refractivity (Wildman–Crippen MR) is 62.5 cm³/mol. The lowest BCUT2D eigenvalue weighted by atomic mass is 10.4. The van der Waals surface area contributed by atoms with E-state index in [1.54, 1.807) is 0 Å². The SMILES string of the molecule is O=C(N=C1SSC2=NCCN21)c1ccno1. The van der Waals surface area contributed by atoms with Crippen molar-refractivity contribution >= 4 is 37.8 Å². The molecule has 3 heterocycles. The average molecular weight is 254 g/mol. The molecule has 1 amide bonds. The van der Waals surface area contributed by atoms with Gasteiger partial charge in [0.2, 0.25) is 5.76 Å². The second-order valence-corrected chi connectivity index (χ2v) is 5.12. The predicted octanol–water partition coefficient (Wildman–Crippen LogP) is 1.24. The minimum atomic E-state index is -0.409. The van der Waals surface area contributed by atoms with Crippen molar-refractivity contribution in [3.63, 3.8) is 0 Å². The van der Waals surface area contributed by atoms with Crippen molar-refractivity contribution in [2.45, 2.75) is 0 Å². The molecule has 1 aromatic rings. The van der Waals surface area contributed by atoms with E-state index in [4.69, 9.17) is 4.52 Å². The standard InChI is InChI=1S/C8H6N4O2S2/c13-6(5-1-2-10-14-5)11-8-12-4-3-9-7(12)15-16-8/h1-2H,3-4H2. The fourth-order valence-corrected chi connectivity index (χ4v) is 3.61. The highest BCUT2D eigenvalue weighted by atomic mass is 33.1. The number of fused-ring (bicyclic) bond motifs is 1. The first-order chi connectivity index (χ1) is 7.84. The van der Waals surface area contributed by atoms with Crippen LogP contribution in [0.15, 0.2) is 26.8 Å². The van der Waals surface area contributed by atoms with Crippen molar-refractivity contribution in [1.82, 2.24) is 10.1 Å². The zero-order chi connectivity index (χ0) is 11.0. The maximum absolute atomic E-state index is 11.6. The summed E-state index contributed by atoms with van der Waals surface area (Å²) in [6.07, 6.45) is 1.42. The molecule has 0 atom stereocenters. The van der Waals surface area contributed by atoms with Crippen LogP contribution < -0.4 is 0 Å². The summed E-state index contributed by atoms with van der Waals surface area (Å²) in [5.41, 5.74) is 0. The summed E-state index contributed by atoms with van der Waals surface area (Å²) >= 11 is 0. The van der Waals surface area contributed by atoms with Gasteiger partial charge < -0.3 is 4.52 Å². The molecule has 0 unspecified atom stereocenters. The van der Waals surface area contributed by atoms with Crippen LogP contribution in [0.25, 0.3) is 0 Å². The third kappa shape index (κ3) is 1.63. The van der Waals surface area contributed by atoms with E-state index >= 15 is 0 Å². The summed E-state index contributed by atoms with van der Waals surface area (Å²) < 4.78 is 4.75. The Bertz CT molecular complexity index is 482. The maximum Gasteiger partial charge on any atom is 0.317 e. The lowest BCUT2D eigenvalue weighted by Crippen LogP contribution is -2.25. The topological polar surface area (TPSA) is 71.1 Å². The summed E-state index contributed by atoms with van der Waals surface area (Å²) in [6.45, 7) is 1.55. The van der Waals surface area contributed by atoms with Crippen molar-refractivity contribution < 1.29 is 9.32 Å². The molecule has 3 rings (SSSR count). The molecule has 0 saturated carbocycles. The van der Waals surface area contributed by atoms with Gasteiger partial charge in [0.05, 0.1) is 12.7 Å². The highest BCUT2D eigenvalue weighted by Gasteiger charge is 2.31. The van der Waals surface area contributed by atoms with Crippen LogP contribution >= 0.6 is 21.6 Å². The van der Waals surface area contributed by atoms with E-state index in [1.165, 1.54) is 33.9 Å². The number of hydrogen-bond acceptors (Lipinski definition) is 6. The second kappa shape index (κ2) is 3.95. The number of carbonyl (C=O) groups is 1. The molecule has 0 aliphatic carbocycles. The van der Waals surface area contributed by atoms with Crippen LogP contribution in [0.1, 0.15) is 10.6 Å². The van der Waals surface area contributed by atoms with E-state index in [2.05, 4.69) is 15.1 Å². The van der Waals surface area contributed by atoms with Crippen molar-refractivity contribution in [1.29, 1.82) is 0 Å². The Morgan fingerprint density at radius 3 is 3.31 bits per heavy atom. The van der Waals surface area contributed by atoms with Crippen LogP contribution in [0.5, 0.6) is 0 Å². The summed E-state index contributed by atoms with van der Waals surface area (Å²) in [6, 6.07) is 1.50. The Morgan fingerprint density at radius 2 is 2.50 bits per heavy atom. The van der Waals surface area contributed by atoms with E-state index in [9.17, 15) is 4.79 Å². The second-order valence-electron chi connectivity index (χ2n) is 3.06. The minimum absolute atomic E-state index is 0.155. The van der Waals surface area contributed by atoms with Gasteiger partial charge >= 0.3 is 5.91 Å². The Kier molecular flexibility index (Phi) is 2.44. The van der Waals surface area contributed by atoms with Gasteiger partial charge in [-0.1, -0.05) is 5.16 Å². The van der Waals surface area contributed by atoms with Crippen LogP contribution in [-0.2, 0) is 0 Å². The quantitative estimate of drug-likeness (QED) is 0.702. The molecule has 6 nitrogen and oxygen atoms in total. The van der Waals surface area contributed by atoms with Crippen molar-refractivity contribution in [3.05, 3.63) is 18.0 Å². The number of amidine groups is 2. The van der Waals surface area contributed by atoms with E-state index in [1.807, 2.05) is 4.90 Å². The molecule has 0 aromatic carbocycles. The number of carbonyl (C=O) groups excluding carboxylic acids is 1. The molecule has 82 valence electrons. The van der Waals surface area contributed by atoms with Crippen molar-refractivity contribution in [2.24, 2.45) is 9.98 Å². The van der Waals surface area contributed by atoms with Gasteiger partial charge in [-0.2, -0.15) is 4.99 Å². The van der Waals surface area contributed by atoms with Crippen LogP contribution in [0, 0.1) is 0 Å². The smallest absolute Gasteiger partial charge is 0.317 e. The fraction of sp³-hybridized carbons (Fsp3) is 0.250. The first-order valence-electron chi connectivity index (χ1n) is 4.55. The number of aliphatic imine (C=N–C) groups is 2. The zero-order valence-electron chi connectivity index (χ0n) is 7.99. The summed E-state index contributed by atoms with van der Waals surface area (Å²) in [5, 5.41) is 5.06. The number of hydrogen-bond donors (Lipinski definition) is 0. The number of rotatable bonds is 1. The Balaban J connectivity index is 1.83. The number of nitrogens with zero attached hydrogens (tertiary/aromatic N) is 4. The van der Waals surface area contributed by atoms with Crippen LogP contribution in [-0.4, -0.2) is 39.4 Å². The normalized spacial score (nSPS) is 21.4. The highest BCUT2D eigenvalue weighted by Crippen LogP contribution is 2.38. The molecule has 0 spiro atoms. The molecular formula is C8H6N4O2S2. The monoisotopic (exact) mass is 254 g/mol. The first-order valence-corrected chi connectivity index (χ1v) is 6.70. The number of aromatic nitrogens is 1. The summed E-state index contributed by atoms with van der Waals surface area (Å²) in [7, 11) is 2.96. The van der Waals surface area contributed by atoms with E-state index in [0.29, 0.717) is 5.17 Å². The Hall–Kier alpha value is -1.28. The molecule has 16 heavy (non-hydrogen) atoms. The zero-order valence-corrected chi connectivity index (χ0v) is 9.62. The van der Waals surface area contributed by atoms with Gasteiger partial charge in [0, 0.05) is 12.6 Å². The minimum Gasteiger partial charge on any atom is -0.351 e. The van der Waals surface area contributed by atoms with Gasteiger partial charge in [-0.25, -0.2) is 0 Å². The molecule has 1 aromatic heterocycles. The Labute approximate surface area is 98.6 Å². The first kappa shape index (κ1) is 9.91. The van der Waals surface area contributed by atoms with Crippen LogP contribution in [0.3, 0.4) is 0 Å². The molecule has 0 N–H and O–H groups in total. The van der Waals surface area contributed by atoms with E-state index in [-0.39, 0.29) is 5.76 Å². The highest BCUT2D eigenvalue weighted by molar-refractivity contribution is 8.88. The fourth-order valence-electron chi connectivity index (χ4n) is 1.34. The van der Waals surface area contributed by atoms with Gasteiger partial charge in [-0.3, -0.25) is 14.7 Å². The summed E-state index contributed by atoms with van der Waals surface area (Å²) in [4.78, 5) is 21.8. The average Bonchev–Trinajstić information content (AvgIpc) is 2.94. The molecular weight excluding hydrogens is 248 g/mol. The van der Waals surface area contributed by atoms with E-state index < -0.39 is 5.91 Å². The van der Waals surface area contributed by atoms with E-state index in [0.717, 1.165) is 18.3 Å². The largest absolute Gasteiger partial charge is 0.351 e. The molecule has 2 aliphatic rings. The lowest BCUT2D eigenvalue weighted by Gasteiger charge is -2.08. The van der Waals surface area contributed by atoms with Crippen molar-refractivity contribution in [2.75, 3.05) is 13.1 Å². The molecule has 1 saturated heterocycles. The van der Waals surface area contributed by atoms with Gasteiger partial charge in [0.25, 0.3) is 0 Å². The third-order valence-electron chi connectivity index (χ3n) is 2.07. The third-order valence-corrected chi connectivity index (χ3v) is 4.26. The molecule has 8 heteroatoms. The lowest BCUT2D eigenvalue weighted by molar-refractivity contribution is 0.0967. The van der Waals surface area contributed by atoms with Crippen molar-refractivity contribution in [3.8, 4) is 0 Å². The van der Waals surface area contributed by atoms with Gasteiger partial charge in [0.1, 0.15) is 0 Å². The molecule has 0 radical (unpaired) electrons. The molecule has 2 aliphatic heterocycles. The maximum atomic E-state index is 11.6.